The predicted molar refractivity (Wildman–Crippen MR) is 137 cm³/mol. The standard InChI is InChI=1S/C16H4Br8N2/c17-7-5(8(18)12(22)15(25)11(7)21)3-1-2-4-6-9(19)13(23)16(26)14(24)10(6)20/h25-26H2. The zero-order valence-electron chi connectivity index (χ0n) is 12.2. The van der Waals surface area contributed by atoms with Crippen LogP contribution in [0.15, 0.2) is 35.8 Å². The van der Waals surface area contributed by atoms with Gasteiger partial charge in [-0.2, -0.15) is 0 Å². The van der Waals surface area contributed by atoms with E-state index in [0.717, 1.165) is 46.9 Å². The Morgan fingerprint density at radius 1 is 0.423 bits per heavy atom. The summed E-state index contributed by atoms with van der Waals surface area (Å²) in [5.41, 5.74) is 14.6. The lowest BCUT2D eigenvalue weighted by Gasteiger charge is -2.10. The van der Waals surface area contributed by atoms with E-state index in [0.29, 0.717) is 11.4 Å². The first-order valence-electron chi connectivity index (χ1n) is 6.34. The maximum Gasteiger partial charge on any atom is 0.0626 e. The monoisotopic (exact) mass is 855 g/mol. The molecule has 134 valence electrons. The number of hydrogen-bond acceptors (Lipinski definition) is 2. The highest BCUT2D eigenvalue weighted by molar-refractivity contribution is 9.14. The van der Waals surface area contributed by atoms with Crippen LogP contribution in [0.4, 0.5) is 11.4 Å². The van der Waals surface area contributed by atoms with Gasteiger partial charge in [0, 0.05) is 0 Å². The van der Waals surface area contributed by atoms with E-state index in [-0.39, 0.29) is 0 Å². The van der Waals surface area contributed by atoms with Crippen molar-refractivity contribution in [1.29, 1.82) is 0 Å². The van der Waals surface area contributed by atoms with Crippen LogP contribution in [0.25, 0.3) is 0 Å². The molecule has 10 heteroatoms. The summed E-state index contributed by atoms with van der Waals surface area (Å²) in [4.78, 5) is 0. The molecule has 0 aliphatic carbocycles. The van der Waals surface area contributed by atoms with Crippen molar-refractivity contribution >= 4 is 139 Å². The lowest BCUT2D eigenvalue weighted by molar-refractivity contribution is 1.46. The summed E-state index contributed by atoms with van der Waals surface area (Å²) in [7, 11) is 0. The van der Waals surface area contributed by atoms with Crippen LogP contribution < -0.4 is 11.5 Å². The van der Waals surface area contributed by atoms with E-state index < -0.39 is 0 Å². The van der Waals surface area contributed by atoms with E-state index in [1.165, 1.54) is 0 Å². The molecule has 0 bridgehead atoms. The molecular formula is C16H4Br8N2. The minimum absolute atomic E-state index is 0.574. The Labute approximate surface area is 218 Å². The Hall–Kier alpha value is 1.000. The topological polar surface area (TPSA) is 52.0 Å². The molecule has 0 amide bonds. The van der Waals surface area contributed by atoms with Crippen molar-refractivity contribution in [2.75, 3.05) is 11.5 Å². The molecule has 0 saturated carbocycles. The molecule has 2 nitrogen and oxygen atoms in total. The summed E-state index contributed by atoms with van der Waals surface area (Å²) in [5.74, 6) is 11.8. The molecule has 0 radical (unpaired) electrons. The number of halogens is 8. The van der Waals surface area contributed by atoms with Crippen molar-refractivity contribution in [3.8, 4) is 23.7 Å². The van der Waals surface area contributed by atoms with E-state index in [9.17, 15) is 0 Å². The van der Waals surface area contributed by atoms with Gasteiger partial charge in [0.1, 0.15) is 0 Å². The number of rotatable bonds is 0. The SMILES string of the molecule is Nc1c(Br)c(Br)c(C#CC#Cc2c(Br)c(Br)c(N)c(Br)c2Br)c(Br)c1Br. The third kappa shape index (κ3) is 4.59. The average Bonchev–Trinajstić information content (AvgIpc) is 2.63. The van der Waals surface area contributed by atoms with E-state index in [1.807, 2.05) is 0 Å². The fourth-order valence-electron chi connectivity index (χ4n) is 1.70. The normalized spacial score (nSPS) is 10.0. The number of nitrogens with two attached hydrogens (primary N) is 2. The maximum absolute atomic E-state index is 6.00. The van der Waals surface area contributed by atoms with Gasteiger partial charge in [-0.1, -0.05) is 11.8 Å². The maximum atomic E-state index is 6.00. The molecule has 0 fully saturated rings. The molecule has 0 aromatic heterocycles. The Morgan fingerprint density at radius 2 is 0.654 bits per heavy atom. The number of benzene rings is 2. The molecule has 2 rings (SSSR count). The summed E-state index contributed by atoms with van der Waals surface area (Å²) in [5, 5.41) is 0. The molecule has 0 spiro atoms. The van der Waals surface area contributed by atoms with Crippen LogP contribution in [0, 0.1) is 23.7 Å². The van der Waals surface area contributed by atoms with Crippen molar-refractivity contribution < 1.29 is 0 Å². The summed E-state index contributed by atoms with van der Waals surface area (Å²) >= 11 is 27.7. The van der Waals surface area contributed by atoms with Crippen LogP contribution in [0.3, 0.4) is 0 Å². The van der Waals surface area contributed by atoms with Crippen LogP contribution in [0.5, 0.6) is 0 Å². The van der Waals surface area contributed by atoms with E-state index >= 15 is 0 Å². The van der Waals surface area contributed by atoms with E-state index in [4.69, 9.17) is 11.5 Å². The second-order valence-corrected chi connectivity index (χ2v) is 10.9. The molecule has 0 saturated heterocycles. The average molecular weight is 863 g/mol. The van der Waals surface area contributed by atoms with Crippen LogP contribution in [-0.4, -0.2) is 0 Å². The van der Waals surface area contributed by atoms with Crippen molar-refractivity contribution in [2.24, 2.45) is 0 Å². The van der Waals surface area contributed by atoms with Gasteiger partial charge in [-0.3, -0.25) is 0 Å². The Kier molecular flexibility index (Phi) is 8.66. The van der Waals surface area contributed by atoms with Gasteiger partial charge in [-0.15, -0.1) is 0 Å². The van der Waals surface area contributed by atoms with Gasteiger partial charge in [0.05, 0.1) is 58.3 Å². The first kappa shape index (κ1) is 23.3. The zero-order chi connectivity index (χ0) is 19.8. The Morgan fingerprint density at radius 3 is 0.885 bits per heavy atom. The smallest absolute Gasteiger partial charge is 0.0626 e. The third-order valence-corrected chi connectivity index (χ3v) is 11.6. The van der Waals surface area contributed by atoms with Gasteiger partial charge < -0.3 is 11.5 Å². The molecule has 0 aliphatic rings. The van der Waals surface area contributed by atoms with Gasteiger partial charge in [0.2, 0.25) is 0 Å². The fourth-order valence-corrected chi connectivity index (χ4v) is 6.40. The first-order chi connectivity index (χ1) is 12.1. The second-order valence-electron chi connectivity index (χ2n) is 4.59. The number of nitrogen functional groups attached to an aromatic ring is 2. The largest absolute Gasteiger partial charge is 0.397 e. The summed E-state index contributed by atoms with van der Waals surface area (Å²) in [6.07, 6.45) is 0. The molecular weight excluding hydrogens is 859 g/mol. The lowest BCUT2D eigenvalue weighted by Crippen LogP contribution is -1.94. The van der Waals surface area contributed by atoms with Crippen molar-refractivity contribution in [1.82, 2.24) is 0 Å². The zero-order valence-corrected chi connectivity index (χ0v) is 24.9. The van der Waals surface area contributed by atoms with Gasteiger partial charge in [-0.25, -0.2) is 0 Å². The highest BCUT2D eigenvalue weighted by Gasteiger charge is 2.17. The quantitative estimate of drug-likeness (QED) is 0.159. The van der Waals surface area contributed by atoms with E-state index in [1.54, 1.807) is 0 Å². The van der Waals surface area contributed by atoms with Gasteiger partial charge >= 0.3 is 0 Å². The van der Waals surface area contributed by atoms with Crippen LogP contribution >= 0.6 is 127 Å². The molecule has 0 aliphatic heterocycles. The molecule has 0 heterocycles. The van der Waals surface area contributed by atoms with Crippen LogP contribution in [0.1, 0.15) is 11.1 Å². The minimum Gasteiger partial charge on any atom is -0.397 e. The summed E-state index contributed by atoms with van der Waals surface area (Å²) in [6.45, 7) is 0. The first-order valence-corrected chi connectivity index (χ1v) is 12.7. The molecule has 0 unspecified atom stereocenters. The van der Waals surface area contributed by atoms with Gasteiger partial charge in [0.25, 0.3) is 0 Å². The highest BCUT2D eigenvalue weighted by atomic mass is 79.9. The van der Waals surface area contributed by atoms with Gasteiger partial charge in [-0.05, 0) is 139 Å². The third-order valence-electron chi connectivity index (χ3n) is 3.03. The Bertz CT molecular complexity index is 911. The van der Waals surface area contributed by atoms with Crippen molar-refractivity contribution in [3.63, 3.8) is 0 Å². The van der Waals surface area contributed by atoms with Crippen LogP contribution in [-0.2, 0) is 0 Å². The Balaban J connectivity index is 2.54. The fraction of sp³-hybridized carbons (Fsp3) is 0. The summed E-state index contributed by atoms with van der Waals surface area (Å²) < 4.78 is 5.89. The molecule has 4 N–H and O–H groups in total. The van der Waals surface area contributed by atoms with Crippen molar-refractivity contribution in [2.45, 2.75) is 0 Å². The molecule has 0 atom stereocenters. The van der Waals surface area contributed by atoms with E-state index in [2.05, 4.69) is 151 Å². The molecule has 26 heavy (non-hydrogen) atoms. The minimum atomic E-state index is 0.574. The van der Waals surface area contributed by atoms with Gasteiger partial charge in [0.15, 0.2) is 0 Å². The lowest BCUT2D eigenvalue weighted by atomic mass is 10.2. The van der Waals surface area contributed by atoms with Crippen molar-refractivity contribution in [3.05, 3.63) is 46.9 Å². The van der Waals surface area contributed by atoms with Crippen LogP contribution in [0.2, 0.25) is 0 Å². The highest BCUT2D eigenvalue weighted by Crippen LogP contribution is 2.44. The number of anilines is 2. The predicted octanol–water partition coefficient (Wildman–Crippen LogP) is 8.35. The molecule has 2 aromatic rings. The summed E-state index contributed by atoms with van der Waals surface area (Å²) in [6, 6.07) is 0. The number of hydrogen-bond donors (Lipinski definition) is 2. The second kappa shape index (κ2) is 9.67. The molecule has 2 aromatic carbocycles.